The SMILES string of the molecule is CCOC(=O)CC(c1c[nH]c2cc(O)ccc12)C1CC1. The van der Waals surface area contributed by atoms with Gasteiger partial charge in [-0.1, -0.05) is 0 Å². The van der Waals surface area contributed by atoms with E-state index < -0.39 is 0 Å². The average molecular weight is 273 g/mol. The number of phenols is 1. The molecule has 1 unspecified atom stereocenters. The van der Waals surface area contributed by atoms with Crippen molar-refractivity contribution in [1.29, 1.82) is 0 Å². The van der Waals surface area contributed by atoms with E-state index in [4.69, 9.17) is 4.74 Å². The summed E-state index contributed by atoms with van der Waals surface area (Å²) < 4.78 is 5.09. The minimum absolute atomic E-state index is 0.127. The van der Waals surface area contributed by atoms with Gasteiger partial charge in [0.15, 0.2) is 0 Å². The van der Waals surface area contributed by atoms with Gasteiger partial charge in [0.2, 0.25) is 0 Å². The molecule has 3 rings (SSSR count). The van der Waals surface area contributed by atoms with Crippen LogP contribution in [0, 0.1) is 5.92 Å². The lowest BCUT2D eigenvalue weighted by atomic mass is 9.91. The van der Waals surface area contributed by atoms with E-state index in [0.29, 0.717) is 18.9 Å². The van der Waals surface area contributed by atoms with Crippen molar-refractivity contribution < 1.29 is 14.6 Å². The summed E-state index contributed by atoms with van der Waals surface area (Å²) in [6.45, 7) is 2.26. The van der Waals surface area contributed by atoms with Crippen molar-refractivity contribution in [3.05, 3.63) is 30.0 Å². The summed E-state index contributed by atoms with van der Waals surface area (Å²) in [5.41, 5.74) is 2.07. The summed E-state index contributed by atoms with van der Waals surface area (Å²) in [6, 6.07) is 5.32. The van der Waals surface area contributed by atoms with Crippen LogP contribution in [0.25, 0.3) is 10.9 Å². The lowest BCUT2D eigenvalue weighted by molar-refractivity contribution is -0.143. The number of carbonyl (C=O) groups is 1. The normalized spacial score (nSPS) is 16.2. The highest BCUT2D eigenvalue weighted by atomic mass is 16.5. The minimum atomic E-state index is -0.127. The van der Waals surface area contributed by atoms with Crippen LogP contribution in [-0.2, 0) is 9.53 Å². The van der Waals surface area contributed by atoms with E-state index in [-0.39, 0.29) is 17.6 Å². The van der Waals surface area contributed by atoms with E-state index >= 15 is 0 Å². The zero-order valence-corrected chi connectivity index (χ0v) is 11.6. The zero-order chi connectivity index (χ0) is 14.1. The van der Waals surface area contributed by atoms with Crippen molar-refractivity contribution in [2.75, 3.05) is 6.61 Å². The van der Waals surface area contributed by atoms with Crippen LogP contribution in [0.5, 0.6) is 5.75 Å². The Bertz CT molecular complexity index is 628. The number of aromatic nitrogens is 1. The quantitative estimate of drug-likeness (QED) is 0.821. The summed E-state index contributed by atoms with van der Waals surface area (Å²) >= 11 is 0. The predicted octanol–water partition coefficient (Wildman–Crippen LogP) is 3.32. The number of esters is 1. The molecule has 1 saturated carbocycles. The molecule has 1 heterocycles. The van der Waals surface area contributed by atoms with Crippen molar-refractivity contribution in [2.45, 2.75) is 32.1 Å². The van der Waals surface area contributed by atoms with Gasteiger partial charge >= 0.3 is 5.97 Å². The van der Waals surface area contributed by atoms with E-state index in [1.807, 2.05) is 19.2 Å². The molecule has 1 fully saturated rings. The molecule has 4 heteroatoms. The lowest BCUT2D eigenvalue weighted by Crippen LogP contribution is -2.11. The van der Waals surface area contributed by atoms with Crippen LogP contribution in [0.3, 0.4) is 0 Å². The average Bonchev–Trinajstić information content (AvgIpc) is 3.17. The van der Waals surface area contributed by atoms with Gasteiger partial charge in [0.25, 0.3) is 0 Å². The van der Waals surface area contributed by atoms with Crippen LogP contribution in [0.1, 0.15) is 37.7 Å². The minimum Gasteiger partial charge on any atom is -0.508 e. The second-order valence-corrected chi connectivity index (χ2v) is 5.43. The molecule has 0 amide bonds. The Kier molecular flexibility index (Phi) is 3.38. The van der Waals surface area contributed by atoms with Gasteiger partial charge in [-0.3, -0.25) is 4.79 Å². The molecule has 1 aliphatic carbocycles. The molecular formula is C16H19NO3. The van der Waals surface area contributed by atoms with Crippen LogP contribution >= 0.6 is 0 Å². The first-order valence-corrected chi connectivity index (χ1v) is 7.14. The lowest BCUT2D eigenvalue weighted by Gasteiger charge is -2.14. The smallest absolute Gasteiger partial charge is 0.306 e. The van der Waals surface area contributed by atoms with Crippen LogP contribution < -0.4 is 0 Å². The number of ether oxygens (including phenoxy) is 1. The summed E-state index contributed by atoms with van der Waals surface area (Å²) in [5.74, 6) is 0.913. The highest BCUT2D eigenvalue weighted by molar-refractivity contribution is 5.85. The maximum Gasteiger partial charge on any atom is 0.306 e. The summed E-state index contributed by atoms with van der Waals surface area (Å²) in [7, 11) is 0. The van der Waals surface area contributed by atoms with Crippen molar-refractivity contribution in [2.24, 2.45) is 5.92 Å². The van der Waals surface area contributed by atoms with E-state index in [0.717, 1.165) is 16.5 Å². The number of phenolic OH excluding ortho intramolecular Hbond substituents is 1. The van der Waals surface area contributed by atoms with Gasteiger partial charge < -0.3 is 14.8 Å². The topological polar surface area (TPSA) is 62.3 Å². The first-order chi connectivity index (χ1) is 9.69. The second kappa shape index (κ2) is 5.19. The molecule has 0 aliphatic heterocycles. The molecule has 0 saturated heterocycles. The Labute approximate surface area is 117 Å². The highest BCUT2D eigenvalue weighted by Crippen LogP contribution is 2.46. The molecule has 2 aromatic rings. The Morgan fingerprint density at radius 3 is 3.00 bits per heavy atom. The number of fused-ring (bicyclic) bond motifs is 1. The van der Waals surface area contributed by atoms with Gasteiger partial charge in [0.05, 0.1) is 13.0 Å². The maximum atomic E-state index is 11.8. The number of hydrogen-bond acceptors (Lipinski definition) is 3. The van der Waals surface area contributed by atoms with Gasteiger partial charge in [0.1, 0.15) is 5.75 Å². The number of carbonyl (C=O) groups excluding carboxylic acids is 1. The van der Waals surface area contributed by atoms with Gasteiger partial charge in [-0.2, -0.15) is 0 Å². The Balaban J connectivity index is 1.91. The van der Waals surface area contributed by atoms with E-state index in [1.165, 1.54) is 12.8 Å². The zero-order valence-electron chi connectivity index (χ0n) is 11.6. The van der Waals surface area contributed by atoms with Gasteiger partial charge in [-0.25, -0.2) is 0 Å². The Morgan fingerprint density at radius 2 is 2.30 bits per heavy atom. The summed E-state index contributed by atoms with van der Waals surface area (Å²) in [5, 5.41) is 10.6. The van der Waals surface area contributed by atoms with Gasteiger partial charge in [-0.15, -0.1) is 0 Å². The second-order valence-electron chi connectivity index (χ2n) is 5.43. The van der Waals surface area contributed by atoms with E-state index in [2.05, 4.69) is 4.98 Å². The molecule has 1 aromatic heterocycles. The van der Waals surface area contributed by atoms with E-state index in [9.17, 15) is 9.90 Å². The molecule has 1 aromatic carbocycles. The standard InChI is InChI=1S/C16H19NO3/c1-2-20-16(19)8-13(10-3-4-10)14-9-17-15-7-11(18)5-6-12(14)15/h5-7,9-10,13,17-18H,2-4,8H2,1H3. The largest absolute Gasteiger partial charge is 0.508 e. The van der Waals surface area contributed by atoms with Crippen molar-refractivity contribution in [3.63, 3.8) is 0 Å². The van der Waals surface area contributed by atoms with Crippen LogP contribution in [0.15, 0.2) is 24.4 Å². The summed E-state index contributed by atoms with van der Waals surface area (Å²) in [6.07, 6.45) is 4.75. The third-order valence-electron chi connectivity index (χ3n) is 3.98. The molecule has 106 valence electrons. The van der Waals surface area contributed by atoms with Gasteiger partial charge in [-0.05, 0) is 49.3 Å². The van der Waals surface area contributed by atoms with Gasteiger partial charge in [0, 0.05) is 23.2 Å². The Hall–Kier alpha value is -1.97. The maximum absolute atomic E-state index is 11.8. The molecule has 0 spiro atoms. The predicted molar refractivity (Wildman–Crippen MR) is 76.7 cm³/mol. The van der Waals surface area contributed by atoms with Crippen LogP contribution in [-0.4, -0.2) is 22.7 Å². The third kappa shape index (κ3) is 2.50. The van der Waals surface area contributed by atoms with Crippen LogP contribution in [0.4, 0.5) is 0 Å². The number of nitrogens with one attached hydrogen (secondary N) is 1. The third-order valence-corrected chi connectivity index (χ3v) is 3.98. The first-order valence-electron chi connectivity index (χ1n) is 7.14. The fourth-order valence-electron chi connectivity index (χ4n) is 2.87. The number of aromatic amines is 1. The number of hydrogen-bond donors (Lipinski definition) is 2. The number of aromatic hydroxyl groups is 1. The molecular weight excluding hydrogens is 254 g/mol. The monoisotopic (exact) mass is 273 g/mol. The van der Waals surface area contributed by atoms with Crippen molar-refractivity contribution >= 4 is 16.9 Å². The van der Waals surface area contributed by atoms with Crippen molar-refractivity contribution in [1.82, 2.24) is 4.98 Å². The molecule has 2 N–H and O–H groups in total. The van der Waals surface area contributed by atoms with E-state index in [1.54, 1.807) is 12.1 Å². The molecule has 0 radical (unpaired) electrons. The number of H-pyrrole nitrogens is 1. The molecule has 0 bridgehead atoms. The summed E-state index contributed by atoms with van der Waals surface area (Å²) in [4.78, 5) is 15.0. The number of rotatable bonds is 5. The molecule has 4 nitrogen and oxygen atoms in total. The van der Waals surface area contributed by atoms with Crippen molar-refractivity contribution in [3.8, 4) is 5.75 Å². The highest BCUT2D eigenvalue weighted by Gasteiger charge is 2.35. The fourth-order valence-corrected chi connectivity index (χ4v) is 2.87. The fraction of sp³-hybridized carbons (Fsp3) is 0.438. The first kappa shape index (κ1) is 13.0. The van der Waals surface area contributed by atoms with Crippen LogP contribution in [0.2, 0.25) is 0 Å². The number of benzene rings is 1. The molecule has 20 heavy (non-hydrogen) atoms. The molecule has 1 aliphatic rings. The Morgan fingerprint density at radius 1 is 1.50 bits per heavy atom. The molecule has 1 atom stereocenters.